The van der Waals surface area contributed by atoms with Crippen LogP contribution in [-0.2, 0) is 14.3 Å². The van der Waals surface area contributed by atoms with Gasteiger partial charge in [-0.2, -0.15) is 0 Å². The molecule has 0 aromatic heterocycles. The van der Waals surface area contributed by atoms with Gasteiger partial charge in [0.1, 0.15) is 23.4 Å². The molecule has 1 aromatic carbocycles. The summed E-state index contributed by atoms with van der Waals surface area (Å²) in [6.45, 7) is 17.2. The van der Waals surface area contributed by atoms with Crippen molar-refractivity contribution in [3.8, 4) is 5.75 Å². The van der Waals surface area contributed by atoms with Crippen molar-refractivity contribution in [2.75, 3.05) is 6.54 Å². The van der Waals surface area contributed by atoms with Gasteiger partial charge in [-0.3, -0.25) is 9.59 Å². The molecule has 204 valence electrons. The Morgan fingerprint density at radius 1 is 1.08 bits per heavy atom. The fourth-order valence-corrected chi connectivity index (χ4v) is 3.88. The summed E-state index contributed by atoms with van der Waals surface area (Å²) < 4.78 is 5.43. The van der Waals surface area contributed by atoms with E-state index in [1.165, 1.54) is 4.90 Å². The van der Waals surface area contributed by atoms with Crippen LogP contribution < -0.4 is 10.6 Å². The van der Waals surface area contributed by atoms with Gasteiger partial charge in [-0.15, -0.1) is 0 Å². The van der Waals surface area contributed by atoms with Gasteiger partial charge >= 0.3 is 6.09 Å². The molecular weight excluding hydrogens is 458 g/mol. The van der Waals surface area contributed by atoms with Crippen molar-refractivity contribution in [3.05, 3.63) is 29.3 Å². The van der Waals surface area contributed by atoms with E-state index in [1.54, 1.807) is 45.9 Å². The lowest BCUT2D eigenvalue weighted by Gasteiger charge is -2.39. The van der Waals surface area contributed by atoms with Crippen molar-refractivity contribution in [1.82, 2.24) is 15.5 Å². The lowest BCUT2D eigenvalue weighted by atomic mass is 9.93. The molecule has 0 saturated carbocycles. The largest absolute Gasteiger partial charge is 0.507 e. The molecule has 0 fully saturated rings. The number of hydrogen-bond donors (Lipinski definition) is 3. The van der Waals surface area contributed by atoms with E-state index >= 15 is 0 Å². The number of ether oxygens (including phenoxy) is 1. The molecule has 3 N–H and O–H groups in total. The number of aromatic hydroxyl groups is 1. The number of rotatable bonds is 12. The zero-order valence-corrected chi connectivity index (χ0v) is 23.6. The Labute approximate surface area is 217 Å². The summed E-state index contributed by atoms with van der Waals surface area (Å²) in [5, 5.41) is 16.6. The number of phenols is 1. The minimum atomic E-state index is -1.06. The highest BCUT2D eigenvalue weighted by Crippen LogP contribution is 2.34. The van der Waals surface area contributed by atoms with Crippen molar-refractivity contribution >= 4 is 17.9 Å². The van der Waals surface area contributed by atoms with Gasteiger partial charge in [0, 0.05) is 18.2 Å². The molecule has 0 heterocycles. The third-order valence-corrected chi connectivity index (χ3v) is 6.39. The van der Waals surface area contributed by atoms with Gasteiger partial charge in [0.25, 0.3) is 0 Å². The first kappa shape index (κ1) is 31.3. The van der Waals surface area contributed by atoms with E-state index in [4.69, 9.17) is 4.74 Å². The summed E-state index contributed by atoms with van der Waals surface area (Å²) >= 11 is 0. The first-order chi connectivity index (χ1) is 16.8. The van der Waals surface area contributed by atoms with Crippen molar-refractivity contribution in [2.45, 2.75) is 112 Å². The number of nitrogens with one attached hydrogen (secondary N) is 2. The van der Waals surface area contributed by atoms with Crippen LogP contribution in [0, 0.1) is 12.8 Å². The molecule has 36 heavy (non-hydrogen) atoms. The molecule has 0 bridgehead atoms. The van der Waals surface area contributed by atoms with E-state index in [0.717, 1.165) is 12.8 Å². The van der Waals surface area contributed by atoms with E-state index in [1.807, 2.05) is 34.6 Å². The number of hydrogen-bond acceptors (Lipinski definition) is 5. The predicted molar refractivity (Wildman–Crippen MR) is 143 cm³/mol. The third-order valence-electron chi connectivity index (χ3n) is 6.39. The summed E-state index contributed by atoms with van der Waals surface area (Å²) in [6.07, 6.45) is 2.23. The van der Waals surface area contributed by atoms with Crippen LogP contribution in [-0.4, -0.2) is 52.1 Å². The number of carbonyl (C=O) groups excluding carboxylic acids is 3. The fourth-order valence-electron chi connectivity index (χ4n) is 3.88. The average molecular weight is 506 g/mol. The molecule has 0 spiro atoms. The van der Waals surface area contributed by atoms with E-state index in [9.17, 15) is 19.5 Å². The molecule has 0 aliphatic rings. The lowest BCUT2D eigenvalue weighted by Crippen LogP contribution is -2.57. The van der Waals surface area contributed by atoms with Gasteiger partial charge in [0.2, 0.25) is 11.8 Å². The SMILES string of the molecule is CCCCNC(=O)C(c1cccc(C)c1O)N(C(=O)C(NC(=O)OC(C)(C)C)C(C)CC)C(C)CC. The Morgan fingerprint density at radius 3 is 2.25 bits per heavy atom. The van der Waals surface area contributed by atoms with Crippen LogP contribution in [0.1, 0.15) is 98.2 Å². The smallest absolute Gasteiger partial charge is 0.408 e. The maximum atomic E-state index is 14.2. The monoisotopic (exact) mass is 505 g/mol. The maximum absolute atomic E-state index is 14.2. The molecule has 3 amide bonds. The van der Waals surface area contributed by atoms with Crippen molar-refractivity contribution in [2.24, 2.45) is 5.92 Å². The predicted octanol–water partition coefficient (Wildman–Crippen LogP) is 5.22. The highest BCUT2D eigenvalue weighted by molar-refractivity contribution is 5.93. The molecular formula is C28H47N3O5. The third kappa shape index (κ3) is 8.71. The highest BCUT2D eigenvalue weighted by Gasteiger charge is 2.41. The molecule has 1 rings (SSSR count). The Balaban J connectivity index is 3.60. The lowest BCUT2D eigenvalue weighted by molar-refractivity contribution is -0.146. The summed E-state index contributed by atoms with van der Waals surface area (Å²) in [4.78, 5) is 42.0. The number of amides is 3. The molecule has 1 aromatic rings. The van der Waals surface area contributed by atoms with Crippen LogP contribution in [0.3, 0.4) is 0 Å². The second kappa shape index (κ2) is 14.1. The zero-order chi connectivity index (χ0) is 27.6. The van der Waals surface area contributed by atoms with E-state index < -0.39 is 23.8 Å². The van der Waals surface area contributed by atoms with Crippen LogP contribution in [0.15, 0.2) is 18.2 Å². The van der Waals surface area contributed by atoms with Gasteiger partial charge in [-0.1, -0.05) is 58.7 Å². The van der Waals surface area contributed by atoms with Crippen LogP contribution in [0.5, 0.6) is 5.75 Å². The number of benzene rings is 1. The molecule has 8 heteroatoms. The maximum Gasteiger partial charge on any atom is 0.408 e. The van der Waals surface area contributed by atoms with E-state index in [2.05, 4.69) is 10.6 Å². The van der Waals surface area contributed by atoms with Gasteiger partial charge < -0.3 is 25.4 Å². The highest BCUT2D eigenvalue weighted by atomic mass is 16.6. The Kier molecular flexibility index (Phi) is 12.2. The average Bonchev–Trinajstić information content (AvgIpc) is 2.80. The number of unbranched alkanes of at least 4 members (excludes halogenated alkanes) is 1. The Bertz CT molecular complexity index is 880. The molecule has 0 radical (unpaired) electrons. The second-order valence-corrected chi connectivity index (χ2v) is 10.6. The van der Waals surface area contributed by atoms with Gasteiger partial charge in [-0.25, -0.2) is 4.79 Å². The fraction of sp³-hybridized carbons (Fsp3) is 0.679. The normalized spacial score (nSPS) is 14.8. The van der Waals surface area contributed by atoms with E-state index in [-0.39, 0.29) is 29.5 Å². The number of aryl methyl sites for hydroxylation is 1. The summed E-state index contributed by atoms with van der Waals surface area (Å²) in [7, 11) is 0. The number of alkyl carbamates (subject to hydrolysis) is 1. The van der Waals surface area contributed by atoms with Crippen LogP contribution in [0.25, 0.3) is 0 Å². The van der Waals surface area contributed by atoms with Crippen LogP contribution in [0.4, 0.5) is 4.79 Å². The molecule has 0 saturated heterocycles. The minimum absolute atomic E-state index is 0.0190. The van der Waals surface area contributed by atoms with Crippen molar-refractivity contribution in [1.29, 1.82) is 0 Å². The standard InChI is InChI=1S/C28H47N3O5/c1-10-13-17-29-25(33)23(21-16-14-15-19(5)24(21)32)31(20(6)12-3)26(34)22(18(4)11-2)30-27(35)36-28(7,8)9/h14-16,18,20,22-23,32H,10-13,17H2,1-9H3,(H,29,33)(H,30,35). The Morgan fingerprint density at radius 2 is 1.72 bits per heavy atom. The molecule has 8 nitrogen and oxygen atoms in total. The Hall–Kier alpha value is -2.77. The van der Waals surface area contributed by atoms with Crippen LogP contribution in [0.2, 0.25) is 0 Å². The van der Waals surface area contributed by atoms with Gasteiger partial charge in [0.15, 0.2) is 0 Å². The van der Waals surface area contributed by atoms with Crippen LogP contribution >= 0.6 is 0 Å². The number of carbonyl (C=O) groups is 3. The number of phenolic OH excluding ortho intramolecular Hbond substituents is 1. The molecule has 0 aliphatic carbocycles. The summed E-state index contributed by atoms with van der Waals surface area (Å²) in [5.41, 5.74) is 0.247. The van der Waals surface area contributed by atoms with Gasteiger partial charge in [-0.05, 0) is 58.9 Å². The van der Waals surface area contributed by atoms with Gasteiger partial charge in [0.05, 0.1) is 0 Å². The van der Waals surface area contributed by atoms with E-state index in [0.29, 0.717) is 30.5 Å². The zero-order valence-electron chi connectivity index (χ0n) is 23.6. The molecule has 4 unspecified atom stereocenters. The molecule has 0 aliphatic heterocycles. The topological polar surface area (TPSA) is 108 Å². The quantitative estimate of drug-likeness (QED) is 0.337. The minimum Gasteiger partial charge on any atom is -0.507 e. The number of para-hydroxylation sites is 1. The second-order valence-electron chi connectivity index (χ2n) is 10.6. The summed E-state index contributed by atoms with van der Waals surface area (Å²) in [5.74, 6) is -0.986. The molecule has 4 atom stereocenters. The summed E-state index contributed by atoms with van der Waals surface area (Å²) in [6, 6.07) is 2.89. The number of nitrogens with zero attached hydrogens (tertiary/aromatic N) is 1. The van der Waals surface area contributed by atoms with Crippen molar-refractivity contribution in [3.63, 3.8) is 0 Å². The first-order valence-electron chi connectivity index (χ1n) is 13.2. The first-order valence-corrected chi connectivity index (χ1v) is 13.2. The van der Waals surface area contributed by atoms with Crippen molar-refractivity contribution < 1.29 is 24.2 Å².